The summed E-state index contributed by atoms with van der Waals surface area (Å²) >= 11 is 0. The van der Waals surface area contributed by atoms with Gasteiger partial charge in [0.25, 0.3) is 0 Å². The molecule has 0 spiro atoms. The maximum atomic E-state index is 6.70. The number of nitrogens with zero attached hydrogens (tertiary/aromatic N) is 3. The van der Waals surface area contributed by atoms with Crippen LogP contribution in [0.5, 0.6) is 0 Å². The standard InChI is InChI=1S/C37H31N5/c1-24-8-2-3-9-29(24)25-13-15-26(16-14-25)33-34(27-17-19-28(20-18-27)37(38)21-7-22-37)42-32-12-6-23-39-35(32)40-31-11-5-4-10-30(31)36(42)41-33/h2-6,8-20,23H,7,21-22,38H2,1H3,(H,39,40). The average molecular weight is 546 g/mol. The van der Waals surface area contributed by atoms with E-state index in [1.54, 1.807) is 0 Å². The molecule has 0 atom stereocenters. The molecule has 2 aliphatic rings. The van der Waals surface area contributed by atoms with E-state index < -0.39 is 0 Å². The second-order valence-electron chi connectivity index (χ2n) is 11.5. The monoisotopic (exact) mass is 545 g/mol. The fourth-order valence-electron chi connectivity index (χ4n) is 6.40. The lowest BCUT2D eigenvalue weighted by atomic mass is 9.72. The molecule has 42 heavy (non-hydrogen) atoms. The zero-order valence-electron chi connectivity index (χ0n) is 23.5. The van der Waals surface area contributed by atoms with Crippen LogP contribution < -0.4 is 11.1 Å². The molecule has 2 aromatic heterocycles. The molecule has 6 aromatic rings. The van der Waals surface area contributed by atoms with Gasteiger partial charge < -0.3 is 11.1 Å². The van der Waals surface area contributed by atoms with Crippen molar-refractivity contribution in [3.8, 4) is 50.7 Å². The lowest BCUT2D eigenvalue weighted by Gasteiger charge is -2.38. The van der Waals surface area contributed by atoms with E-state index in [1.165, 1.54) is 28.7 Å². The van der Waals surface area contributed by atoms with Crippen LogP contribution in [0.4, 0.5) is 11.5 Å². The molecular weight excluding hydrogens is 514 g/mol. The van der Waals surface area contributed by atoms with Gasteiger partial charge in [-0.05, 0) is 72.7 Å². The lowest BCUT2D eigenvalue weighted by molar-refractivity contribution is 0.253. The molecule has 1 aliphatic heterocycles. The molecule has 3 N–H and O–H groups in total. The third kappa shape index (κ3) is 3.89. The number of para-hydroxylation sites is 1. The van der Waals surface area contributed by atoms with Crippen molar-refractivity contribution in [1.82, 2.24) is 14.5 Å². The Bertz CT molecular complexity index is 1950. The first-order valence-corrected chi connectivity index (χ1v) is 14.6. The Morgan fingerprint density at radius 2 is 1.43 bits per heavy atom. The Hall–Kier alpha value is -5.00. The van der Waals surface area contributed by atoms with Crippen molar-refractivity contribution in [1.29, 1.82) is 0 Å². The maximum absolute atomic E-state index is 6.70. The highest BCUT2D eigenvalue weighted by Crippen LogP contribution is 2.45. The number of aromatic nitrogens is 3. The van der Waals surface area contributed by atoms with Gasteiger partial charge >= 0.3 is 0 Å². The van der Waals surface area contributed by atoms with Crippen LogP contribution in [-0.4, -0.2) is 14.5 Å². The van der Waals surface area contributed by atoms with E-state index in [2.05, 4.69) is 114 Å². The zero-order chi connectivity index (χ0) is 28.3. The summed E-state index contributed by atoms with van der Waals surface area (Å²) in [5, 5.41) is 3.56. The number of hydrogen-bond acceptors (Lipinski definition) is 4. The Morgan fingerprint density at radius 3 is 2.17 bits per heavy atom. The third-order valence-electron chi connectivity index (χ3n) is 8.92. The van der Waals surface area contributed by atoms with Crippen LogP contribution in [0.3, 0.4) is 0 Å². The van der Waals surface area contributed by atoms with Gasteiger partial charge in [-0.3, -0.25) is 4.57 Å². The Kier molecular flexibility index (Phi) is 5.62. The maximum Gasteiger partial charge on any atom is 0.154 e. The number of benzene rings is 4. The lowest BCUT2D eigenvalue weighted by Crippen LogP contribution is -2.43. The summed E-state index contributed by atoms with van der Waals surface area (Å²) in [6.07, 6.45) is 5.09. The van der Waals surface area contributed by atoms with Crippen molar-refractivity contribution < 1.29 is 0 Å². The molecular formula is C37H31N5. The van der Waals surface area contributed by atoms with Crippen LogP contribution in [0.25, 0.3) is 50.7 Å². The first kappa shape index (κ1) is 24.8. The minimum atomic E-state index is -0.208. The highest BCUT2D eigenvalue weighted by molar-refractivity contribution is 5.91. The van der Waals surface area contributed by atoms with Crippen LogP contribution in [0.15, 0.2) is 115 Å². The van der Waals surface area contributed by atoms with E-state index in [0.29, 0.717) is 0 Å². The fourth-order valence-corrected chi connectivity index (χ4v) is 6.40. The largest absolute Gasteiger partial charge is 0.338 e. The predicted octanol–water partition coefficient (Wildman–Crippen LogP) is 8.64. The summed E-state index contributed by atoms with van der Waals surface area (Å²) in [6.45, 7) is 2.16. The Balaban J connectivity index is 1.36. The van der Waals surface area contributed by atoms with Crippen molar-refractivity contribution in [2.75, 3.05) is 5.32 Å². The number of hydrogen-bond donors (Lipinski definition) is 2. The van der Waals surface area contributed by atoms with E-state index in [0.717, 1.165) is 63.9 Å². The molecule has 0 unspecified atom stereocenters. The van der Waals surface area contributed by atoms with Gasteiger partial charge in [0.1, 0.15) is 5.82 Å². The van der Waals surface area contributed by atoms with Crippen molar-refractivity contribution in [2.45, 2.75) is 31.7 Å². The van der Waals surface area contributed by atoms with Gasteiger partial charge in [-0.2, -0.15) is 0 Å². The molecule has 0 saturated heterocycles. The normalized spacial score (nSPS) is 14.5. The summed E-state index contributed by atoms with van der Waals surface area (Å²) in [5.41, 5.74) is 18.5. The van der Waals surface area contributed by atoms with Gasteiger partial charge in [-0.1, -0.05) is 84.9 Å². The molecule has 0 bridgehead atoms. The van der Waals surface area contributed by atoms with E-state index in [1.807, 2.05) is 18.3 Å². The van der Waals surface area contributed by atoms with Gasteiger partial charge in [0.2, 0.25) is 0 Å². The van der Waals surface area contributed by atoms with Crippen molar-refractivity contribution in [2.24, 2.45) is 5.73 Å². The number of rotatable bonds is 4. The predicted molar refractivity (Wildman–Crippen MR) is 171 cm³/mol. The van der Waals surface area contributed by atoms with E-state index >= 15 is 0 Å². The van der Waals surface area contributed by atoms with Crippen LogP contribution >= 0.6 is 0 Å². The first-order valence-electron chi connectivity index (χ1n) is 14.6. The number of fused-ring (bicyclic) bond motifs is 5. The number of aryl methyl sites for hydroxylation is 1. The smallest absolute Gasteiger partial charge is 0.154 e. The molecule has 4 aromatic carbocycles. The summed E-state index contributed by atoms with van der Waals surface area (Å²) in [4.78, 5) is 10.1. The van der Waals surface area contributed by atoms with Crippen LogP contribution in [0.2, 0.25) is 0 Å². The van der Waals surface area contributed by atoms with Crippen LogP contribution in [0, 0.1) is 6.92 Å². The summed E-state index contributed by atoms with van der Waals surface area (Å²) in [5.74, 6) is 1.69. The molecule has 0 amide bonds. The van der Waals surface area contributed by atoms with Crippen molar-refractivity contribution in [3.63, 3.8) is 0 Å². The molecule has 204 valence electrons. The highest BCUT2D eigenvalue weighted by Gasteiger charge is 2.34. The SMILES string of the molecule is Cc1ccccc1-c1ccc(-c2nc3n(c2-c2ccc(C4(N)CCC4)cc2)-c2cccnc2Nc2ccccc2-3)cc1. The molecule has 1 aliphatic carbocycles. The number of nitrogens with one attached hydrogen (secondary N) is 1. The summed E-state index contributed by atoms with van der Waals surface area (Å²) in [7, 11) is 0. The van der Waals surface area contributed by atoms with Crippen molar-refractivity contribution >= 4 is 11.5 Å². The Labute approximate surface area is 245 Å². The Morgan fingerprint density at radius 1 is 0.738 bits per heavy atom. The van der Waals surface area contributed by atoms with Gasteiger partial charge in [0.15, 0.2) is 5.82 Å². The average Bonchev–Trinajstić information content (AvgIpc) is 3.35. The van der Waals surface area contributed by atoms with E-state index in [-0.39, 0.29) is 5.54 Å². The van der Waals surface area contributed by atoms with Gasteiger partial charge in [0.05, 0.1) is 22.8 Å². The number of nitrogens with two attached hydrogens (primary N) is 1. The fraction of sp³-hybridized carbons (Fsp3) is 0.135. The van der Waals surface area contributed by atoms with Crippen LogP contribution in [-0.2, 0) is 5.54 Å². The third-order valence-corrected chi connectivity index (χ3v) is 8.92. The molecule has 8 rings (SSSR count). The molecule has 1 fully saturated rings. The number of imidazole rings is 1. The quantitative estimate of drug-likeness (QED) is 0.232. The van der Waals surface area contributed by atoms with E-state index in [4.69, 9.17) is 15.7 Å². The molecule has 0 radical (unpaired) electrons. The minimum absolute atomic E-state index is 0.208. The van der Waals surface area contributed by atoms with Gasteiger partial charge in [0, 0.05) is 28.4 Å². The van der Waals surface area contributed by atoms with E-state index in [9.17, 15) is 0 Å². The van der Waals surface area contributed by atoms with Gasteiger partial charge in [-0.25, -0.2) is 9.97 Å². The molecule has 1 saturated carbocycles. The topological polar surface area (TPSA) is 68.8 Å². The highest BCUT2D eigenvalue weighted by atomic mass is 15.2. The molecule has 5 heteroatoms. The molecule has 5 nitrogen and oxygen atoms in total. The zero-order valence-corrected chi connectivity index (χ0v) is 23.5. The number of anilines is 2. The molecule has 3 heterocycles. The van der Waals surface area contributed by atoms with Crippen molar-refractivity contribution in [3.05, 3.63) is 127 Å². The van der Waals surface area contributed by atoms with Gasteiger partial charge in [-0.15, -0.1) is 0 Å². The second kappa shape index (κ2) is 9.54. The minimum Gasteiger partial charge on any atom is -0.338 e. The second-order valence-corrected chi connectivity index (χ2v) is 11.5. The summed E-state index contributed by atoms with van der Waals surface area (Å²) in [6, 6.07) is 38.5. The van der Waals surface area contributed by atoms with Crippen LogP contribution in [0.1, 0.15) is 30.4 Å². The number of pyridine rings is 1. The first-order chi connectivity index (χ1) is 20.6. The summed E-state index contributed by atoms with van der Waals surface area (Å²) < 4.78 is 2.27.